The molecule has 1 aromatic carbocycles. The molecule has 6 nitrogen and oxygen atoms in total. The number of methoxy groups -OCH3 is 1. The van der Waals surface area contributed by atoms with Gasteiger partial charge in [0.05, 0.1) is 6.61 Å². The van der Waals surface area contributed by atoms with Gasteiger partial charge in [-0.1, -0.05) is 6.92 Å². The maximum absolute atomic E-state index is 11.3. The number of carbonyl (C=O) groups excluding carboxylic acids is 1. The molecule has 1 amide bonds. The van der Waals surface area contributed by atoms with Gasteiger partial charge in [-0.05, 0) is 24.3 Å². The molecule has 0 spiro atoms. The van der Waals surface area contributed by atoms with Crippen LogP contribution in [0.2, 0.25) is 0 Å². The Morgan fingerprint density at radius 3 is 2.67 bits per heavy atom. The van der Waals surface area contributed by atoms with Crippen molar-refractivity contribution >= 4 is 33.9 Å². The summed E-state index contributed by atoms with van der Waals surface area (Å²) < 4.78 is 9.25. The van der Waals surface area contributed by atoms with Crippen LogP contribution >= 0.6 is 11.5 Å². The van der Waals surface area contributed by atoms with Crippen LogP contribution in [0.15, 0.2) is 24.3 Å². The van der Waals surface area contributed by atoms with Crippen molar-refractivity contribution in [3.05, 3.63) is 30.1 Å². The molecule has 1 aromatic heterocycles. The van der Waals surface area contributed by atoms with Gasteiger partial charge in [-0.3, -0.25) is 4.79 Å². The minimum atomic E-state index is 0.00242. The Hall–Kier alpha value is -1.99. The van der Waals surface area contributed by atoms with Crippen molar-refractivity contribution in [1.82, 2.24) is 9.36 Å². The first-order valence-corrected chi connectivity index (χ1v) is 7.47. The Kier molecular flexibility index (Phi) is 5.65. The van der Waals surface area contributed by atoms with E-state index in [0.717, 1.165) is 22.3 Å². The molecular weight excluding hydrogens is 288 g/mol. The Balaban J connectivity index is 1.93. The van der Waals surface area contributed by atoms with Crippen molar-refractivity contribution in [2.24, 2.45) is 0 Å². The molecule has 0 aliphatic carbocycles. The fraction of sp³-hybridized carbons (Fsp3) is 0.357. The molecule has 0 fully saturated rings. The molecule has 21 heavy (non-hydrogen) atoms. The van der Waals surface area contributed by atoms with Crippen LogP contribution in [0.4, 0.5) is 16.5 Å². The van der Waals surface area contributed by atoms with Crippen LogP contribution in [0.3, 0.4) is 0 Å². The van der Waals surface area contributed by atoms with Crippen LogP contribution in [0.1, 0.15) is 19.2 Å². The highest BCUT2D eigenvalue weighted by atomic mass is 32.1. The van der Waals surface area contributed by atoms with E-state index in [-0.39, 0.29) is 5.91 Å². The summed E-state index contributed by atoms with van der Waals surface area (Å²) in [4.78, 5) is 15.7. The van der Waals surface area contributed by atoms with Crippen LogP contribution in [0, 0.1) is 0 Å². The highest BCUT2D eigenvalue weighted by Gasteiger charge is 2.04. The average Bonchev–Trinajstić information content (AvgIpc) is 2.94. The normalized spacial score (nSPS) is 10.4. The van der Waals surface area contributed by atoms with E-state index in [1.807, 2.05) is 31.2 Å². The van der Waals surface area contributed by atoms with Crippen LogP contribution < -0.4 is 10.6 Å². The quantitative estimate of drug-likeness (QED) is 0.822. The summed E-state index contributed by atoms with van der Waals surface area (Å²) in [7, 11) is 1.66. The molecule has 0 radical (unpaired) electrons. The SMILES string of the molecule is CCC(=O)Nc1ccc(Nc2nc(CCOC)ns2)cc1. The maximum atomic E-state index is 11.3. The van der Waals surface area contributed by atoms with Gasteiger partial charge in [-0.25, -0.2) is 4.98 Å². The number of benzene rings is 1. The minimum absolute atomic E-state index is 0.00242. The van der Waals surface area contributed by atoms with E-state index in [1.165, 1.54) is 11.5 Å². The first kappa shape index (κ1) is 15.4. The predicted molar refractivity (Wildman–Crippen MR) is 84.1 cm³/mol. The van der Waals surface area contributed by atoms with Gasteiger partial charge in [-0.2, -0.15) is 4.37 Å². The zero-order valence-electron chi connectivity index (χ0n) is 12.0. The van der Waals surface area contributed by atoms with Crippen LogP contribution in [0.5, 0.6) is 0 Å². The third kappa shape index (κ3) is 4.80. The first-order chi connectivity index (χ1) is 10.2. The molecule has 1 heterocycles. The average molecular weight is 306 g/mol. The number of nitrogens with one attached hydrogen (secondary N) is 2. The highest BCUT2D eigenvalue weighted by molar-refractivity contribution is 7.09. The fourth-order valence-electron chi connectivity index (χ4n) is 1.61. The lowest BCUT2D eigenvalue weighted by Gasteiger charge is -2.05. The van der Waals surface area contributed by atoms with Crippen molar-refractivity contribution in [2.45, 2.75) is 19.8 Å². The van der Waals surface area contributed by atoms with E-state index < -0.39 is 0 Å². The van der Waals surface area contributed by atoms with Crippen LogP contribution in [-0.2, 0) is 16.0 Å². The molecule has 7 heteroatoms. The Bertz CT molecular complexity index is 583. The number of hydrogen-bond acceptors (Lipinski definition) is 6. The van der Waals surface area contributed by atoms with E-state index in [4.69, 9.17) is 4.74 Å². The van der Waals surface area contributed by atoms with Crippen molar-refractivity contribution < 1.29 is 9.53 Å². The monoisotopic (exact) mass is 306 g/mol. The number of amides is 1. The number of hydrogen-bond donors (Lipinski definition) is 2. The van der Waals surface area contributed by atoms with Gasteiger partial charge in [0.1, 0.15) is 5.82 Å². The van der Waals surface area contributed by atoms with E-state index in [2.05, 4.69) is 20.0 Å². The minimum Gasteiger partial charge on any atom is -0.384 e. The van der Waals surface area contributed by atoms with Gasteiger partial charge in [0.15, 0.2) is 0 Å². The second kappa shape index (κ2) is 7.70. The Morgan fingerprint density at radius 2 is 2.00 bits per heavy atom. The number of anilines is 3. The summed E-state index contributed by atoms with van der Waals surface area (Å²) in [5, 5.41) is 6.73. The van der Waals surface area contributed by atoms with Crippen LogP contribution in [-0.4, -0.2) is 29.0 Å². The van der Waals surface area contributed by atoms with Crippen LogP contribution in [0.25, 0.3) is 0 Å². The van der Waals surface area contributed by atoms with Crippen molar-refractivity contribution in [3.63, 3.8) is 0 Å². The fourth-order valence-corrected chi connectivity index (χ4v) is 2.24. The Morgan fingerprint density at radius 1 is 1.29 bits per heavy atom. The summed E-state index contributed by atoms with van der Waals surface area (Å²) in [5.74, 6) is 0.777. The lowest BCUT2D eigenvalue weighted by atomic mass is 10.2. The molecule has 0 aliphatic rings. The van der Waals surface area contributed by atoms with Gasteiger partial charge >= 0.3 is 0 Å². The van der Waals surface area contributed by atoms with Gasteiger partial charge < -0.3 is 15.4 Å². The highest BCUT2D eigenvalue weighted by Crippen LogP contribution is 2.20. The third-order valence-electron chi connectivity index (χ3n) is 2.74. The summed E-state index contributed by atoms with van der Waals surface area (Å²) in [6.45, 7) is 2.43. The zero-order chi connectivity index (χ0) is 15.1. The summed E-state index contributed by atoms with van der Waals surface area (Å²) in [6.07, 6.45) is 1.17. The standard InChI is InChI=1S/C14H18N4O2S/c1-3-13(19)15-10-4-6-11(7-5-10)16-14-17-12(18-21-14)8-9-20-2/h4-7H,3,8-9H2,1-2H3,(H,15,19)(H,16,17,18). The number of rotatable bonds is 7. The number of carbonyl (C=O) groups is 1. The second-order valence-electron chi connectivity index (χ2n) is 4.36. The summed E-state index contributed by atoms with van der Waals surface area (Å²) in [6, 6.07) is 7.48. The molecule has 0 atom stereocenters. The van der Waals surface area contributed by atoms with Crippen molar-refractivity contribution in [2.75, 3.05) is 24.4 Å². The smallest absolute Gasteiger partial charge is 0.224 e. The van der Waals surface area contributed by atoms with E-state index in [1.54, 1.807) is 7.11 Å². The number of ether oxygens (including phenoxy) is 1. The zero-order valence-corrected chi connectivity index (χ0v) is 12.9. The Labute approximate surface area is 127 Å². The largest absolute Gasteiger partial charge is 0.384 e. The molecule has 2 aromatic rings. The van der Waals surface area contributed by atoms with Gasteiger partial charge in [0.2, 0.25) is 11.0 Å². The summed E-state index contributed by atoms with van der Waals surface area (Å²) in [5.41, 5.74) is 1.68. The van der Waals surface area contributed by atoms with Crippen molar-refractivity contribution in [3.8, 4) is 0 Å². The van der Waals surface area contributed by atoms with Crippen molar-refractivity contribution in [1.29, 1.82) is 0 Å². The van der Waals surface area contributed by atoms with Gasteiger partial charge in [-0.15, -0.1) is 0 Å². The molecule has 0 bridgehead atoms. The molecule has 2 rings (SSSR count). The molecule has 0 saturated carbocycles. The topological polar surface area (TPSA) is 76.1 Å². The van der Waals surface area contributed by atoms with E-state index in [9.17, 15) is 4.79 Å². The molecule has 0 unspecified atom stereocenters. The third-order valence-corrected chi connectivity index (χ3v) is 3.41. The summed E-state index contributed by atoms with van der Waals surface area (Å²) >= 11 is 1.32. The molecule has 0 saturated heterocycles. The molecule has 2 N–H and O–H groups in total. The van der Waals surface area contributed by atoms with E-state index >= 15 is 0 Å². The lowest BCUT2D eigenvalue weighted by Crippen LogP contribution is -2.09. The number of aromatic nitrogens is 2. The van der Waals surface area contributed by atoms with Gasteiger partial charge in [0.25, 0.3) is 0 Å². The second-order valence-corrected chi connectivity index (χ2v) is 5.11. The molecule has 0 aliphatic heterocycles. The molecule has 112 valence electrons. The number of nitrogens with zero attached hydrogens (tertiary/aromatic N) is 2. The molecular formula is C14H18N4O2S. The predicted octanol–water partition coefficient (Wildman–Crippen LogP) is 2.82. The maximum Gasteiger partial charge on any atom is 0.224 e. The van der Waals surface area contributed by atoms with E-state index in [0.29, 0.717) is 19.4 Å². The lowest BCUT2D eigenvalue weighted by molar-refractivity contribution is -0.115. The first-order valence-electron chi connectivity index (χ1n) is 6.69. The van der Waals surface area contributed by atoms with Gasteiger partial charge in [0, 0.05) is 42.9 Å².